The van der Waals surface area contributed by atoms with Gasteiger partial charge in [-0.3, -0.25) is 9.89 Å². The summed E-state index contributed by atoms with van der Waals surface area (Å²) in [6.45, 7) is 2.59. The molecule has 27 heavy (non-hydrogen) atoms. The summed E-state index contributed by atoms with van der Waals surface area (Å²) in [5.74, 6) is 0.598. The Labute approximate surface area is 157 Å². The minimum Gasteiger partial charge on any atom is -0.494 e. The highest BCUT2D eigenvalue weighted by Crippen LogP contribution is 2.28. The van der Waals surface area contributed by atoms with E-state index in [4.69, 9.17) is 4.74 Å². The van der Waals surface area contributed by atoms with Gasteiger partial charge in [0.15, 0.2) is 5.69 Å². The number of aromatic nitrogens is 2. The van der Waals surface area contributed by atoms with E-state index in [0.717, 1.165) is 33.5 Å². The molecule has 0 radical (unpaired) electrons. The number of ether oxygens (including phenoxy) is 1. The topological polar surface area (TPSA) is 67.0 Å². The van der Waals surface area contributed by atoms with Crippen LogP contribution in [0.25, 0.3) is 22.0 Å². The number of H-pyrrole nitrogens is 1. The molecule has 0 spiro atoms. The number of fused-ring (bicyclic) bond motifs is 1. The standard InChI is InChI=1S/C22H19N3O2/c1-2-27-18-10-6-7-15(13-18)16-11-12-19-20(14-16)24-25-21(19)22(26)23-17-8-4-3-5-9-17/h3-14H,2H2,1H3,(H,23,26)(H,24,25). The monoisotopic (exact) mass is 357 g/mol. The van der Waals surface area contributed by atoms with Crippen LogP contribution in [0.2, 0.25) is 0 Å². The van der Waals surface area contributed by atoms with Crippen molar-refractivity contribution in [2.45, 2.75) is 6.92 Å². The molecule has 0 aliphatic carbocycles. The molecule has 0 saturated carbocycles. The molecule has 0 atom stereocenters. The van der Waals surface area contributed by atoms with Crippen LogP contribution in [-0.2, 0) is 0 Å². The van der Waals surface area contributed by atoms with Crippen LogP contribution >= 0.6 is 0 Å². The molecule has 5 nitrogen and oxygen atoms in total. The third kappa shape index (κ3) is 3.53. The predicted molar refractivity (Wildman–Crippen MR) is 107 cm³/mol. The van der Waals surface area contributed by atoms with Gasteiger partial charge in [0.1, 0.15) is 5.75 Å². The Morgan fingerprint density at radius 3 is 2.63 bits per heavy atom. The molecule has 4 rings (SSSR count). The summed E-state index contributed by atoms with van der Waals surface area (Å²) >= 11 is 0. The maximum atomic E-state index is 12.6. The summed E-state index contributed by atoms with van der Waals surface area (Å²) in [6.07, 6.45) is 0. The third-order valence-electron chi connectivity index (χ3n) is 4.29. The number of rotatable bonds is 5. The summed E-state index contributed by atoms with van der Waals surface area (Å²) < 4.78 is 5.57. The van der Waals surface area contributed by atoms with Crippen molar-refractivity contribution in [3.63, 3.8) is 0 Å². The Kier molecular flexibility index (Phi) is 4.58. The molecule has 0 aliphatic rings. The number of anilines is 1. The largest absolute Gasteiger partial charge is 0.494 e. The van der Waals surface area contributed by atoms with Crippen molar-refractivity contribution >= 4 is 22.5 Å². The Balaban J connectivity index is 1.63. The maximum absolute atomic E-state index is 12.6. The number of hydrogen-bond donors (Lipinski definition) is 2. The molecular formula is C22H19N3O2. The van der Waals surface area contributed by atoms with Crippen LogP contribution in [0.3, 0.4) is 0 Å². The fraction of sp³-hybridized carbons (Fsp3) is 0.0909. The number of nitrogens with zero attached hydrogens (tertiary/aromatic N) is 1. The minimum absolute atomic E-state index is 0.237. The van der Waals surface area contributed by atoms with Gasteiger partial charge in [0.05, 0.1) is 12.1 Å². The number of aromatic amines is 1. The number of amides is 1. The fourth-order valence-corrected chi connectivity index (χ4v) is 3.02. The van der Waals surface area contributed by atoms with Crippen molar-refractivity contribution in [1.29, 1.82) is 0 Å². The van der Waals surface area contributed by atoms with Crippen LogP contribution in [-0.4, -0.2) is 22.7 Å². The van der Waals surface area contributed by atoms with Crippen LogP contribution in [0, 0.1) is 0 Å². The Morgan fingerprint density at radius 2 is 1.81 bits per heavy atom. The molecular weight excluding hydrogens is 338 g/mol. The van der Waals surface area contributed by atoms with Crippen molar-refractivity contribution in [2.75, 3.05) is 11.9 Å². The molecule has 1 amide bonds. The lowest BCUT2D eigenvalue weighted by molar-refractivity contribution is 0.102. The van der Waals surface area contributed by atoms with E-state index in [-0.39, 0.29) is 5.91 Å². The van der Waals surface area contributed by atoms with Gasteiger partial charge in [-0.15, -0.1) is 0 Å². The Morgan fingerprint density at radius 1 is 1.00 bits per heavy atom. The molecule has 0 unspecified atom stereocenters. The average Bonchev–Trinajstić information content (AvgIpc) is 3.13. The first kappa shape index (κ1) is 16.8. The second-order valence-corrected chi connectivity index (χ2v) is 6.11. The van der Waals surface area contributed by atoms with E-state index in [2.05, 4.69) is 15.5 Å². The first-order valence-corrected chi connectivity index (χ1v) is 8.82. The van der Waals surface area contributed by atoms with Crippen LogP contribution in [0.5, 0.6) is 5.75 Å². The van der Waals surface area contributed by atoms with Gasteiger partial charge in [0.25, 0.3) is 5.91 Å². The van der Waals surface area contributed by atoms with E-state index in [0.29, 0.717) is 12.3 Å². The second kappa shape index (κ2) is 7.33. The van der Waals surface area contributed by atoms with Gasteiger partial charge in [-0.1, -0.05) is 36.4 Å². The predicted octanol–water partition coefficient (Wildman–Crippen LogP) is 4.88. The molecule has 0 fully saturated rings. The van der Waals surface area contributed by atoms with Crippen molar-refractivity contribution in [3.05, 3.63) is 78.5 Å². The van der Waals surface area contributed by atoms with E-state index >= 15 is 0 Å². The van der Waals surface area contributed by atoms with Crippen LogP contribution in [0.4, 0.5) is 5.69 Å². The van der Waals surface area contributed by atoms with Crippen molar-refractivity contribution < 1.29 is 9.53 Å². The molecule has 2 N–H and O–H groups in total. The fourth-order valence-electron chi connectivity index (χ4n) is 3.02. The summed E-state index contributed by atoms with van der Waals surface area (Å²) in [5.41, 5.74) is 4.01. The van der Waals surface area contributed by atoms with E-state index in [1.54, 1.807) is 0 Å². The summed E-state index contributed by atoms with van der Waals surface area (Å²) in [7, 11) is 0. The molecule has 0 saturated heterocycles. The molecule has 134 valence electrons. The smallest absolute Gasteiger partial charge is 0.276 e. The van der Waals surface area contributed by atoms with Crippen LogP contribution in [0.15, 0.2) is 72.8 Å². The van der Waals surface area contributed by atoms with E-state index < -0.39 is 0 Å². The van der Waals surface area contributed by atoms with Gasteiger partial charge in [-0.05, 0) is 54.4 Å². The zero-order chi connectivity index (χ0) is 18.6. The van der Waals surface area contributed by atoms with Crippen molar-refractivity contribution in [3.8, 4) is 16.9 Å². The van der Waals surface area contributed by atoms with Crippen molar-refractivity contribution in [1.82, 2.24) is 10.2 Å². The lowest BCUT2D eigenvalue weighted by Gasteiger charge is -2.07. The zero-order valence-corrected chi connectivity index (χ0v) is 14.9. The summed E-state index contributed by atoms with van der Waals surface area (Å²) in [6, 6.07) is 23.2. The van der Waals surface area contributed by atoms with Gasteiger partial charge in [0, 0.05) is 11.1 Å². The number of nitrogens with one attached hydrogen (secondary N) is 2. The first-order valence-electron chi connectivity index (χ1n) is 8.82. The maximum Gasteiger partial charge on any atom is 0.276 e. The van der Waals surface area contributed by atoms with E-state index in [1.807, 2.05) is 79.7 Å². The Bertz CT molecular complexity index is 1090. The molecule has 4 aromatic rings. The third-order valence-corrected chi connectivity index (χ3v) is 4.29. The quantitative estimate of drug-likeness (QED) is 0.535. The van der Waals surface area contributed by atoms with E-state index in [9.17, 15) is 4.79 Å². The van der Waals surface area contributed by atoms with Gasteiger partial charge in [0.2, 0.25) is 0 Å². The summed E-state index contributed by atoms with van der Waals surface area (Å²) in [4.78, 5) is 12.6. The lowest BCUT2D eigenvalue weighted by atomic mass is 10.0. The Hall–Kier alpha value is -3.60. The second-order valence-electron chi connectivity index (χ2n) is 6.11. The number of para-hydroxylation sites is 1. The SMILES string of the molecule is CCOc1cccc(-c2ccc3c(C(=O)Nc4ccccc4)n[nH]c3c2)c1. The van der Waals surface area contributed by atoms with Crippen LogP contribution < -0.4 is 10.1 Å². The highest BCUT2D eigenvalue weighted by Gasteiger charge is 2.15. The summed E-state index contributed by atoms with van der Waals surface area (Å²) in [5, 5.41) is 10.8. The highest BCUT2D eigenvalue weighted by atomic mass is 16.5. The first-order chi connectivity index (χ1) is 13.2. The average molecular weight is 357 g/mol. The number of carbonyl (C=O) groups is 1. The normalized spacial score (nSPS) is 10.7. The number of hydrogen-bond acceptors (Lipinski definition) is 3. The molecule has 3 aromatic carbocycles. The van der Waals surface area contributed by atoms with Crippen molar-refractivity contribution in [2.24, 2.45) is 0 Å². The minimum atomic E-state index is -0.237. The van der Waals surface area contributed by atoms with Crippen LogP contribution in [0.1, 0.15) is 17.4 Å². The molecule has 5 heteroatoms. The van der Waals surface area contributed by atoms with Gasteiger partial charge in [-0.2, -0.15) is 5.10 Å². The van der Waals surface area contributed by atoms with Gasteiger partial charge >= 0.3 is 0 Å². The molecule has 0 aliphatic heterocycles. The lowest BCUT2D eigenvalue weighted by Crippen LogP contribution is -2.12. The van der Waals surface area contributed by atoms with E-state index in [1.165, 1.54) is 0 Å². The van der Waals surface area contributed by atoms with Gasteiger partial charge in [-0.25, -0.2) is 0 Å². The highest BCUT2D eigenvalue weighted by molar-refractivity contribution is 6.11. The number of carbonyl (C=O) groups excluding carboxylic acids is 1. The molecule has 1 aromatic heterocycles. The zero-order valence-electron chi connectivity index (χ0n) is 14.9. The number of benzene rings is 3. The molecule has 1 heterocycles. The molecule has 0 bridgehead atoms. The van der Waals surface area contributed by atoms with Gasteiger partial charge < -0.3 is 10.1 Å².